The molecule has 0 amide bonds. The predicted molar refractivity (Wildman–Crippen MR) is 77.6 cm³/mol. The van der Waals surface area contributed by atoms with Crippen LogP contribution in [0, 0.1) is 0 Å². The highest BCUT2D eigenvalue weighted by atomic mass is 35.6. The Morgan fingerprint density at radius 1 is 1.35 bits per heavy atom. The fourth-order valence-electron chi connectivity index (χ4n) is 1.40. The van der Waals surface area contributed by atoms with Gasteiger partial charge < -0.3 is 9.47 Å². The number of benzene rings is 1. The molecule has 0 heterocycles. The first-order valence-corrected chi connectivity index (χ1v) is 6.54. The van der Waals surface area contributed by atoms with Gasteiger partial charge in [-0.2, -0.15) is 0 Å². The van der Waals surface area contributed by atoms with E-state index in [2.05, 4.69) is 11.3 Å². The topological polar surface area (TPSA) is 52.6 Å². The summed E-state index contributed by atoms with van der Waals surface area (Å²) < 4.78 is 7.43. The third-order valence-electron chi connectivity index (χ3n) is 2.28. The van der Waals surface area contributed by atoms with Crippen molar-refractivity contribution < 1.29 is 19.1 Å². The van der Waals surface area contributed by atoms with Crippen LogP contribution in [0.3, 0.4) is 0 Å². The molecule has 0 aromatic heterocycles. The molecule has 0 bridgehead atoms. The average molecular weight is 338 g/mol. The van der Waals surface area contributed by atoms with Gasteiger partial charge in [-0.25, -0.2) is 9.59 Å². The van der Waals surface area contributed by atoms with Gasteiger partial charge >= 0.3 is 11.9 Å². The van der Waals surface area contributed by atoms with E-state index in [0.29, 0.717) is 17.5 Å². The smallest absolute Gasteiger partial charge is 0.363 e. The summed E-state index contributed by atoms with van der Waals surface area (Å²) in [5.41, 5.74) is 0.864. The van der Waals surface area contributed by atoms with Crippen molar-refractivity contribution in [2.45, 2.75) is 10.2 Å². The molecule has 0 spiro atoms. The molecule has 0 aliphatic heterocycles. The monoisotopic (exact) mass is 336 g/mol. The van der Waals surface area contributed by atoms with Crippen LogP contribution in [0.2, 0.25) is 0 Å². The van der Waals surface area contributed by atoms with E-state index in [1.54, 1.807) is 6.08 Å². The first kappa shape index (κ1) is 16.8. The molecule has 0 N–H and O–H groups in total. The van der Waals surface area contributed by atoms with E-state index < -0.39 is 15.7 Å². The molecule has 1 aromatic carbocycles. The molecule has 4 nitrogen and oxygen atoms in total. The third kappa shape index (κ3) is 4.40. The first-order valence-electron chi connectivity index (χ1n) is 5.40. The minimum Gasteiger partial charge on any atom is -0.465 e. The highest BCUT2D eigenvalue weighted by Crippen LogP contribution is 2.30. The fraction of sp³-hybridized carbons (Fsp3) is 0.231. The SMILES string of the molecule is C=CCc1cc(C(=O)OC)ccc1OC(=O)C(Cl)(Cl)Cl. The van der Waals surface area contributed by atoms with E-state index in [1.165, 1.54) is 25.3 Å². The Labute approximate surface area is 131 Å². The average Bonchev–Trinajstić information content (AvgIpc) is 2.38. The van der Waals surface area contributed by atoms with Crippen LogP contribution < -0.4 is 4.74 Å². The summed E-state index contributed by atoms with van der Waals surface area (Å²) in [6.07, 6.45) is 1.95. The molecule has 108 valence electrons. The number of carbonyl (C=O) groups is 2. The summed E-state index contributed by atoms with van der Waals surface area (Å²) in [7, 11) is 1.27. The Hall–Kier alpha value is -1.23. The van der Waals surface area contributed by atoms with Gasteiger partial charge in [0.25, 0.3) is 3.79 Å². The van der Waals surface area contributed by atoms with Crippen molar-refractivity contribution in [3.05, 3.63) is 42.0 Å². The summed E-state index contributed by atoms with van der Waals surface area (Å²) in [5, 5.41) is 0. The van der Waals surface area contributed by atoms with Gasteiger partial charge in [-0.15, -0.1) is 6.58 Å². The molecule has 0 aliphatic rings. The second-order valence-corrected chi connectivity index (χ2v) is 5.98. The number of rotatable bonds is 4. The van der Waals surface area contributed by atoms with Crippen molar-refractivity contribution in [1.82, 2.24) is 0 Å². The number of halogens is 3. The number of alkyl halides is 3. The van der Waals surface area contributed by atoms with Gasteiger partial charge in [0.15, 0.2) is 0 Å². The molecular formula is C13H11Cl3O4. The molecule has 1 aromatic rings. The molecular weight excluding hydrogens is 326 g/mol. The Morgan fingerprint density at radius 3 is 2.50 bits per heavy atom. The van der Waals surface area contributed by atoms with Crippen LogP contribution in [-0.4, -0.2) is 22.8 Å². The number of methoxy groups -OCH3 is 1. The minimum atomic E-state index is -2.17. The van der Waals surface area contributed by atoms with Crippen molar-refractivity contribution in [2.75, 3.05) is 7.11 Å². The van der Waals surface area contributed by atoms with Gasteiger partial charge in [-0.05, 0) is 30.2 Å². The van der Waals surface area contributed by atoms with Gasteiger partial charge in [-0.3, -0.25) is 0 Å². The normalized spacial score (nSPS) is 10.8. The molecule has 0 atom stereocenters. The Balaban J connectivity index is 3.10. The van der Waals surface area contributed by atoms with E-state index >= 15 is 0 Å². The molecule has 1 rings (SSSR count). The zero-order chi connectivity index (χ0) is 15.3. The number of esters is 2. The molecule has 0 saturated carbocycles. The van der Waals surface area contributed by atoms with Crippen LogP contribution >= 0.6 is 34.8 Å². The molecule has 20 heavy (non-hydrogen) atoms. The molecule has 7 heteroatoms. The van der Waals surface area contributed by atoms with Crippen molar-refractivity contribution in [1.29, 1.82) is 0 Å². The molecule has 0 aliphatic carbocycles. The van der Waals surface area contributed by atoms with Crippen molar-refractivity contribution in [3.8, 4) is 5.75 Å². The Kier molecular flexibility index (Phi) is 5.87. The Bertz CT molecular complexity index is 535. The van der Waals surface area contributed by atoms with E-state index in [-0.39, 0.29) is 5.75 Å². The quantitative estimate of drug-likeness (QED) is 0.365. The zero-order valence-corrected chi connectivity index (χ0v) is 12.8. The van der Waals surface area contributed by atoms with Crippen LogP contribution in [0.5, 0.6) is 5.75 Å². The number of ether oxygens (including phenoxy) is 2. The Morgan fingerprint density at radius 2 is 2.00 bits per heavy atom. The maximum Gasteiger partial charge on any atom is 0.363 e. The van der Waals surface area contributed by atoms with E-state index in [0.717, 1.165) is 0 Å². The summed E-state index contributed by atoms with van der Waals surface area (Å²) in [6.45, 7) is 3.58. The molecule has 0 unspecified atom stereocenters. The van der Waals surface area contributed by atoms with Crippen molar-refractivity contribution in [3.63, 3.8) is 0 Å². The standard InChI is InChI=1S/C13H11Cl3O4/c1-3-4-8-7-9(11(17)19-2)5-6-10(8)20-12(18)13(14,15)16/h3,5-7H,1,4H2,2H3. The number of hydrogen-bond donors (Lipinski definition) is 0. The van der Waals surface area contributed by atoms with Crippen molar-refractivity contribution in [2.24, 2.45) is 0 Å². The van der Waals surface area contributed by atoms with Crippen LogP contribution in [-0.2, 0) is 16.0 Å². The van der Waals surface area contributed by atoms with Crippen LogP contribution in [0.15, 0.2) is 30.9 Å². The van der Waals surface area contributed by atoms with Gasteiger partial charge in [0.1, 0.15) is 5.75 Å². The molecule has 0 fully saturated rings. The lowest BCUT2D eigenvalue weighted by Crippen LogP contribution is -2.25. The van der Waals surface area contributed by atoms with Gasteiger partial charge in [0.2, 0.25) is 0 Å². The second-order valence-electron chi connectivity index (χ2n) is 3.69. The van der Waals surface area contributed by atoms with Gasteiger partial charge in [0, 0.05) is 0 Å². The highest BCUT2D eigenvalue weighted by Gasteiger charge is 2.33. The van der Waals surface area contributed by atoms with E-state index in [1.807, 2.05) is 0 Å². The zero-order valence-electron chi connectivity index (χ0n) is 10.5. The van der Waals surface area contributed by atoms with Crippen LogP contribution in [0.25, 0.3) is 0 Å². The second kappa shape index (κ2) is 6.97. The number of carbonyl (C=O) groups excluding carboxylic acids is 2. The summed E-state index contributed by atoms with van der Waals surface area (Å²) in [6, 6.07) is 4.40. The predicted octanol–water partition coefficient (Wildman–Crippen LogP) is 3.48. The van der Waals surface area contributed by atoms with E-state index in [9.17, 15) is 9.59 Å². The third-order valence-corrected chi connectivity index (χ3v) is 2.74. The lowest BCUT2D eigenvalue weighted by Gasteiger charge is -2.13. The van der Waals surface area contributed by atoms with Crippen molar-refractivity contribution >= 4 is 46.7 Å². The highest BCUT2D eigenvalue weighted by molar-refractivity contribution is 6.75. The summed E-state index contributed by atoms with van der Waals surface area (Å²) >= 11 is 16.3. The fourth-order valence-corrected chi connectivity index (χ4v) is 1.51. The first-order chi connectivity index (χ1) is 9.29. The summed E-state index contributed by atoms with van der Waals surface area (Å²) in [4.78, 5) is 23.0. The largest absolute Gasteiger partial charge is 0.465 e. The lowest BCUT2D eigenvalue weighted by atomic mass is 10.1. The number of hydrogen-bond acceptors (Lipinski definition) is 4. The number of allylic oxidation sites excluding steroid dienone is 1. The summed E-state index contributed by atoms with van der Waals surface area (Å²) in [5.74, 6) is -1.35. The maximum atomic E-state index is 11.5. The van der Waals surface area contributed by atoms with Crippen LogP contribution in [0.4, 0.5) is 0 Å². The van der Waals surface area contributed by atoms with Gasteiger partial charge in [0.05, 0.1) is 12.7 Å². The lowest BCUT2D eigenvalue weighted by molar-refractivity contribution is -0.133. The van der Waals surface area contributed by atoms with Crippen LogP contribution in [0.1, 0.15) is 15.9 Å². The molecule has 0 radical (unpaired) electrons. The van der Waals surface area contributed by atoms with E-state index in [4.69, 9.17) is 39.5 Å². The minimum absolute atomic E-state index is 0.189. The molecule has 0 saturated heterocycles. The maximum absolute atomic E-state index is 11.5. The van der Waals surface area contributed by atoms with Gasteiger partial charge in [-0.1, -0.05) is 40.9 Å².